The summed E-state index contributed by atoms with van der Waals surface area (Å²) >= 11 is 0. The van der Waals surface area contributed by atoms with Crippen LogP contribution in [0.25, 0.3) is 21.5 Å². The molecule has 5 rings (SSSR count). The van der Waals surface area contributed by atoms with Crippen LogP contribution in [0.3, 0.4) is 0 Å². The molecule has 1 atom stereocenters. The maximum Gasteiger partial charge on any atom is 0.223 e. The lowest BCUT2D eigenvalue weighted by Gasteiger charge is -2.33. The van der Waals surface area contributed by atoms with Crippen LogP contribution in [0.5, 0.6) is 11.5 Å². The summed E-state index contributed by atoms with van der Waals surface area (Å²) in [6.45, 7) is 2.82. The number of amides is 1. The van der Waals surface area contributed by atoms with E-state index in [1.165, 1.54) is 32.8 Å². The summed E-state index contributed by atoms with van der Waals surface area (Å²) in [5.74, 6) is 1.75. The van der Waals surface area contributed by atoms with E-state index in [9.17, 15) is 4.79 Å². The predicted octanol–water partition coefficient (Wildman–Crippen LogP) is 4.37. The number of rotatable bonds is 2. The van der Waals surface area contributed by atoms with Gasteiger partial charge in [-0.05, 0) is 64.6 Å². The highest BCUT2D eigenvalue weighted by atomic mass is 16.5. The minimum atomic E-state index is 0.281. The fourth-order valence-electron chi connectivity index (χ4n) is 4.86. The highest BCUT2D eigenvalue weighted by Crippen LogP contribution is 2.43. The predicted molar refractivity (Wildman–Crippen MR) is 107 cm³/mol. The minimum Gasteiger partial charge on any atom is -0.493 e. The minimum absolute atomic E-state index is 0.281. The van der Waals surface area contributed by atoms with Crippen molar-refractivity contribution in [2.24, 2.45) is 0 Å². The molecule has 0 unspecified atom stereocenters. The largest absolute Gasteiger partial charge is 0.493 e. The highest BCUT2D eigenvalue weighted by Gasteiger charge is 2.36. The van der Waals surface area contributed by atoms with Crippen molar-refractivity contribution in [3.8, 4) is 11.5 Å². The first-order valence-corrected chi connectivity index (χ1v) is 9.50. The third kappa shape index (κ3) is 2.32. The molecule has 0 spiro atoms. The Hall–Kier alpha value is -2.75. The van der Waals surface area contributed by atoms with Crippen LogP contribution in [0.15, 0.2) is 30.3 Å². The van der Waals surface area contributed by atoms with Crippen molar-refractivity contribution >= 4 is 27.5 Å². The average molecular weight is 361 g/mol. The summed E-state index contributed by atoms with van der Waals surface area (Å²) in [5, 5.41) is 4.88. The Morgan fingerprint density at radius 1 is 0.926 bits per heavy atom. The van der Waals surface area contributed by atoms with Crippen molar-refractivity contribution in [1.82, 2.24) is 4.90 Å². The van der Waals surface area contributed by atoms with Crippen LogP contribution in [-0.4, -0.2) is 31.1 Å². The first-order chi connectivity index (χ1) is 13.1. The van der Waals surface area contributed by atoms with E-state index >= 15 is 0 Å². The molecule has 4 nitrogen and oxygen atoms in total. The zero-order chi connectivity index (χ0) is 18.7. The normalized spacial score (nSPS) is 18.7. The number of methoxy groups -OCH3 is 2. The Bertz CT molecular complexity index is 1100. The number of fused-ring (bicyclic) bond motifs is 7. The molecular formula is C23H23NO3. The van der Waals surface area contributed by atoms with Crippen molar-refractivity contribution in [1.29, 1.82) is 0 Å². The van der Waals surface area contributed by atoms with Gasteiger partial charge in [0.05, 0.1) is 14.2 Å². The van der Waals surface area contributed by atoms with E-state index in [1.807, 2.05) is 0 Å². The molecule has 4 heteroatoms. The number of hydrogen-bond acceptors (Lipinski definition) is 3. The van der Waals surface area contributed by atoms with E-state index in [0.29, 0.717) is 19.0 Å². The zero-order valence-corrected chi connectivity index (χ0v) is 16.0. The standard InChI is InChI=1S/C23H23NO3/c1-13-4-6-15-16(8-13)18-10-21(26-2)22(27-3)11-19(18)20-12-24-14(9-17(15)20)5-7-23(24)25/h4,6,8,10-11,14H,5,7,9,12H2,1-3H3/t14-/m0/s1. The fraction of sp³-hybridized carbons (Fsp3) is 0.348. The number of carbonyl (C=O) groups is 1. The van der Waals surface area contributed by atoms with Gasteiger partial charge in [0.2, 0.25) is 5.91 Å². The van der Waals surface area contributed by atoms with Crippen molar-refractivity contribution in [2.75, 3.05) is 14.2 Å². The molecule has 0 radical (unpaired) electrons. The van der Waals surface area contributed by atoms with Gasteiger partial charge >= 0.3 is 0 Å². The van der Waals surface area contributed by atoms with E-state index < -0.39 is 0 Å². The van der Waals surface area contributed by atoms with Crippen LogP contribution in [0, 0.1) is 6.92 Å². The maximum absolute atomic E-state index is 12.4. The molecule has 1 fully saturated rings. The summed E-state index contributed by atoms with van der Waals surface area (Å²) in [7, 11) is 3.34. The van der Waals surface area contributed by atoms with Gasteiger partial charge < -0.3 is 14.4 Å². The Morgan fingerprint density at radius 2 is 1.63 bits per heavy atom. The van der Waals surface area contributed by atoms with Crippen molar-refractivity contribution in [3.05, 3.63) is 47.0 Å². The van der Waals surface area contributed by atoms with E-state index in [2.05, 4.69) is 42.2 Å². The van der Waals surface area contributed by atoms with Crippen LogP contribution in [0.4, 0.5) is 0 Å². The van der Waals surface area contributed by atoms with E-state index in [-0.39, 0.29) is 5.91 Å². The SMILES string of the molecule is COc1cc2c3c(c4ccc(C)cc4c2cc1OC)C[C@@H]1CCC(=O)N1C3. The Balaban J connectivity index is 1.89. The molecule has 1 amide bonds. The summed E-state index contributed by atoms with van der Waals surface area (Å²) in [6, 6.07) is 11.2. The lowest BCUT2D eigenvalue weighted by Crippen LogP contribution is -2.38. The summed E-state index contributed by atoms with van der Waals surface area (Å²) in [6.07, 6.45) is 2.57. The van der Waals surface area contributed by atoms with Gasteiger partial charge in [-0.25, -0.2) is 0 Å². The lowest BCUT2D eigenvalue weighted by molar-refractivity contribution is -0.129. The number of ether oxygens (including phenoxy) is 2. The van der Waals surface area contributed by atoms with Gasteiger partial charge in [-0.15, -0.1) is 0 Å². The van der Waals surface area contributed by atoms with E-state index in [4.69, 9.17) is 9.47 Å². The molecule has 0 bridgehead atoms. The summed E-state index contributed by atoms with van der Waals surface area (Å²) in [5.41, 5.74) is 3.89. The van der Waals surface area contributed by atoms with Crippen LogP contribution in [0.1, 0.15) is 29.5 Å². The van der Waals surface area contributed by atoms with E-state index in [0.717, 1.165) is 29.7 Å². The molecular weight excluding hydrogens is 338 g/mol. The molecule has 3 aromatic carbocycles. The molecule has 0 aromatic heterocycles. The quantitative estimate of drug-likeness (QED) is 0.637. The zero-order valence-electron chi connectivity index (χ0n) is 16.0. The molecule has 0 N–H and O–H groups in total. The van der Waals surface area contributed by atoms with Gasteiger partial charge in [0, 0.05) is 19.0 Å². The molecule has 2 aliphatic rings. The van der Waals surface area contributed by atoms with Crippen LogP contribution < -0.4 is 9.47 Å². The van der Waals surface area contributed by atoms with Gasteiger partial charge in [0.15, 0.2) is 11.5 Å². The van der Waals surface area contributed by atoms with Gasteiger partial charge in [-0.3, -0.25) is 4.79 Å². The molecule has 3 aromatic rings. The molecule has 0 aliphatic carbocycles. The average Bonchev–Trinajstić information content (AvgIpc) is 3.05. The van der Waals surface area contributed by atoms with Gasteiger partial charge in [-0.1, -0.05) is 23.8 Å². The van der Waals surface area contributed by atoms with Crippen LogP contribution in [-0.2, 0) is 17.8 Å². The Kier molecular flexibility index (Phi) is 3.58. The van der Waals surface area contributed by atoms with Crippen molar-refractivity contribution in [2.45, 2.75) is 38.8 Å². The Labute approximate surface area is 158 Å². The molecule has 27 heavy (non-hydrogen) atoms. The fourth-order valence-corrected chi connectivity index (χ4v) is 4.86. The summed E-state index contributed by atoms with van der Waals surface area (Å²) < 4.78 is 11.1. The van der Waals surface area contributed by atoms with Crippen molar-refractivity contribution in [3.63, 3.8) is 0 Å². The molecule has 2 aliphatic heterocycles. The molecule has 2 heterocycles. The second-order valence-electron chi connectivity index (χ2n) is 7.68. The monoisotopic (exact) mass is 361 g/mol. The number of benzene rings is 3. The second kappa shape index (κ2) is 5.88. The molecule has 1 saturated heterocycles. The van der Waals surface area contributed by atoms with E-state index in [1.54, 1.807) is 14.2 Å². The summed E-state index contributed by atoms with van der Waals surface area (Å²) in [4.78, 5) is 14.4. The number of carbonyl (C=O) groups excluding carboxylic acids is 1. The Morgan fingerprint density at radius 3 is 2.37 bits per heavy atom. The number of hydrogen-bond donors (Lipinski definition) is 0. The number of nitrogens with zero attached hydrogens (tertiary/aromatic N) is 1. The van der Waals surface area contributed by atoms with Crippen LogP contribution in [0.2, 0.25) is 0 Å². The molecule has 138 valence electrons. The third-order valence-corrected chi connectivity index (χ3v) is 6.22. The highest BCUT2D eigenvalue weighted by molar-refractivity contribution is 6.12. The van der Waals surface area contributed by atoms with Crippen molar-refractivity contribution < 1.29 is 14.3 Å². The van der Waals surface area contributed by atoms with Gasteiger partial charge in [0.1, 0.15) is 0 Å². The van der Waals surface area contributed by atoms with Gasteiger partial charge in [0.25, 0.3) is 0 Å². The third-order valence-electron chi connectivity index (χ3n) is 6.22. The maximum atomic E-state index is 12.4. The van der Waals surface area contributed by atoms with Gasteiger partial charge in [-0.2, -0.15) is 0 Å². The molecule has 0 saturated carbocycles. The first-order valence-electron chi connectivity index (χ1n) is 9.50. The smallest absolute Gasteiger partial charge is 0.223 e. The lowest BCUT2D eigenvalue weighted by atomic mass is 9.85. The number of aryl methyl sites for hydroxylation is 1. The van der Waals surface area contributed by atoms with Crippen LogP contribution >= 0.6 is 0 Å². The topological polar surface area (TPSA) is 38.8 Å². The second-order valence-corrected chi connectivity index (χ2v) is 7.68. The first kappa shape index (κ1) is 16.4.